The van der Waals surface area contributed by atoms with Crippen molar-refractivity contribution in [1.29, 1.82) is 0 Å². The first-order valence-corrected chi connectivity index (χ1v) is 5.91. The summed E-state index contributed by atoms with van der Waals surface area (Å²) < 4.78 is 5.71. The molecule has 1 saturated heterocycles. The molecule has 1 aliphatic rings. The maximum Gasteiger partial charge on any atom is 0.263 e. The Morgan fingerprint density at radius 1 is 1.53 bits per heavy atom. The Hall–Kier alpha value is -1.55. The molecule has 0 radical (unpaired) electrons. The van der Waals surface area contributed by atoms with Gasteiger partial charge in [0.25, 0.3) is 5.91 Å². The third-order valence-corrected chi connectivity index (χ3v) is 2.99. The van der Waals surface area contributed by atoms with Crippen molar-refractivity contribution in [3.05, 3.63) is 29.8 Å². The Balaban J connectivity index is 2.03. The molecule has 0 aromatic heterocycles. The van der Waals surface area contributed by atoms with Crippen LogP contribution in [0.5, 0.6) is 5.75 Å². The van der Waals surface area contributed by atoms with Gasteiger partial charge in [-0.3, -0.25) is 4.79 Å². The van der Waals surface area contributed by atoms with Crippen LogP contribution in [0.4, 0.5) is 0 Å². The summed E-state index contributed by atoms with van der Waals surface area (Å²) in [6.45, 7) is 1.39. The topological polar surface area (TPSA) is 55.6 Å². The molecule has 2 rings (SSSR count). The van der Waals surface area contributed by atoms with Gasteiger partial charge in [-0.25, -0.2) is 0 Å². The van der Waals surface area contributed by atoms with Gasteiger partial charge >= 0.3 is 0 Å². The van der Waals surface area contributed by atoms with Crippen LogP contribution in [0.1, 0.15) is 12.0 Å². The summed E-state index contributed by atoms with van der Waals surface area (Å²) in [7, 11) is 1.80. The number of ether oxygens (including phenoxy) is 1. The van der Waals surface area contributed by atoms with Crippen LogP contribution in [0.25, 0.3) is 0 Å². The normalized spacial score (nSPS) is 19.8. The van der Waals surface area contributed by atoms with Gasteiger partial charge in [0.2, 0.25) is 0 Å². The van der Waals surface area contributed by atoms with E-state index in [2.05, 4.69) is 0 Å². The molecule has 2 N–H and O–H groups in total. The Labute approximate surface area is 101 Å². The standard InChI is InChI=1S/C13H18N2O2/c1-15-8-6-12(13(15)16)17-11-4-2-3-10(9-11)5-7-14/h2-4,9,12H,5-8,14H2,1H3. The van der Waals surface area contributed by atoms with Gasteiger partial charge in [-0.1, -0.05) is 12.1 Å². The Bertz CT molecular complexity index is 406. The number of hydrogen-bond acceptors (Lipinski definition) is 3. The lowest BCUT2D eigenvalue weighted by Crippen LogP contribution is -2.29. The molecular weight excluding hydrogens is 216 g/mol. The lowest BCUT2D eigenvalue weighted by molar-refractivity contribution is -0.132. The number of hydrogen-bond donors (Lipinski definition) is 1. The van der Waals surface area contributed by atoms with Crippen LogP contribution < -0.4 is 10.5 Å². The molecule has 4 nitrogen and oxygen atoms in total. The van der Waals surface area contributed by atoms with Crippen LogP contribution in [0, 0.1) is 0 Å². The van der Waals surface area contributed by atoms with E-state index in [4.69, 9.17) is 10.5 Å². The molecule has 1 heterocycles. The van der Waals surface area contributed by atoms with Crippen molar-refractivity contribution in [3.8, 4) is 5.75 Å². The molecule has 1 aromatic rings. The fourth-order valence-corrected chi connectivity index (χ4v) is 2.00. The number of likely N-dealkylation sites (N-methyl/N-ethyl adjacent to an activating group) is 1. The van der Waals surface area contributed by atoms with E-state index < -0.39 is 0 Å². The molecule has 1 aromatic carbocycles. The second-order valence-corrected chi connectivity index (χ2v) is 4.34. The van der Waals surface area contributed by atoms with Crippen molar-refractivity contribution in [2.75, 3.05) is 20.1 Å². The minimum absolute atomic E-state index is 0.0641. The van der Waals surface area contributed by atoms with Crippen molar-refractivity contribution in [1.82, 2.24) is 4.90 Å². The number of benzene rings is 1. The third-order valence-electron chi connectivity index (χ3n) is 2.99. The second kappa shape index (κ2) is 5.19. The molecule has 0 bridgehead atoms. The maximum atomic E-state index is 11.7. The van der Waals surface area contributed by atoms with Gasteiger partial charge < -0.3 is 15.4 Å². The fraction of sp³-hybridized carbons (Fsp3) is 0.462. The van der Waals surface area contributed by atoms with Crippen LogP contribution in [-0.4, -0.2) is 37.0 Å². The minimum atomic E-state index is -0.326. The number of likely N-dealkylation sites (tertiary alicyclic amines) is 1. The Morgan fingerprint density at radius 3 is 3.00 bits per heavy atom. The SMILES string of the molecule is CN1CCC(Oc2cccc(CCN)c2)C1=O. The monoisotopic (exact) mass is 234 g/mol. The highest BCUT2D eigenvalue weighted by Gasteiger charge is 2.30. The molecule has 4 heteroatoms. The number of carbonyl (C=O) groups is 1. The Kier molecular flexibility index (Phi) is 3.64. The smallest absolute Gasteiger partial charge is 0.263 e. The predicted octanol–water partition coefficient (Wildman–Crippen LogP) is 0.797. The fourth-order valence-electron chi connectivity index (χ4n) is 2.00. The number of amides is 1. The highest BCUT2D eigenvalue weighted by atomic mass is 16.5. The van der Waals surface area contributed by atoms with Crippen molar-refractivity contribution >= 4 is 5.91 Å². The van der Waals surface area contributed by atoms with Crippen molar-refractivity contribution in [2.45, 2.75) is 18.9 Å². The highest BCUT2D eigenvalue weighted by Crippen LogP contribution is 2.19. The van der Waals surface area contributed by atoms with Crippen LogP contribution in [0.3, 0.4) is 0 Å². The zero-order valence-corrected chi connectivity index (χ0v) is 10.1. The maximum absolute atomic E-state index is 11.7. The third kappa shape index (κ3) is 2.77. The molecule has 0 saturated carbocycles. The first-order valence-electron chi connectivity index (χ1n) is 5.91. The van der Waals surface area contributed by atoms with Crippen LogP contribution in [0.15, 0.2) is 24.3 Å². The van der Waals surface area contributed by atoms with E-state index in [9.17, 15) is 4.79 Å². The molecular formula is C13H18N2O2. The van der Waals surface area contributed by atoms with Gasteiger partial charge in [-0.05, 0) is 30.7 Å². The van der Waals surface area contributed by atoms with E-state index in [0.29, 0.717) is 6.54 Å². The van der Waals surface area contributed by atoms with Crippen molar-refractivity contribution in [2.24, 2.45) is 5.73 Å². The van der Waals surface area contributed by atoms with Crippen LogP contribution in [0.2, 0.25) is 0 Å². The summed E-state index contributed by atoms with van der Waals surface area (Å²) in [5, 5.41) is 0. The number of nitrogens with two attached hydrogens (primary N) is 1. The summed E-state index contributed by atoms with van der Waals surface area (Å²) in [6, 6.07) is 7.79. The van der Waals surface area contributed by atoms with E-state index >= 15 is 0 Å². The largest absolute Gasteiger partial charge is 0.481 e. The quantitative estimate of drug-likeness (QED) is 0.838. The minimum Gasteiger partial charge on any atom is -0.481 e. The molecule has 1 atom stereocenters. The average Bonchev–Trinajstić information content (AvgIpc) is 2.62. The van der Waals surface area contributed by atoms with Crippen molar-refractivity contribution < 1.29 is 9.53 Å². The highest BCUT2D eigenvalue weighted by molar-refractivity contribution is 5.83. The molecule has 1 unspecified atom stereocenters. The molecule has 0 aliphatic carbocycles. The van der Waals surface area contributed by atoms with Crippen LogP contribution in [-0.2, 0) is 11.2 Å². The zero-order chi connectivity index (χ0) is 12.3. The molecule has 0 spiro atoms. The summed E-state index contributed by atoms with van der Waals surface area (Å²) >= 11 is 0. The lowest BCUT2D eigenvalue weighted by Gasteiger charge is -2.13. The van der Waals surface area contributed by atoms with Gasteiger partial charge in [0.15, 0.2) is 6.10 Å². The molecule has 1 amide bonds. The Morgan fingerprint density at radius 2 is 2.35 bits per heavy atom. The summed E-state index contributed by atoms with van der Waals surface area (Å²) in [5.41, 5.74) is 6.66. The first-order chi connectivity index (χ1) is 8.20. The van der Waals surface area contributed by atoms with E-state index in [1.54, 1.807) is 11.9 Å². The van der Waals surface area contributed by atoms with E-state index in [0.717, 1.165) is 30.7 Å². The molecule has 1 aliphatic heterocycles. The predicted molar refractivity (Wildman–Crippen MR) is 65.9 cm³/mol. The zero-order valence-electron chi connectivity index (χ0n) is 10.1. The van der Waals surface area contributed by atoms with Crippen LogP contribution >= 0.6 is 0 Å². The molecule has 1 fully saturated rings. The van der Waals surface area contributed by atoms with Gasteiger partial charge in [-0.15, -0.1) is 0 Å². The van der Waals surface area contributed by atoms with Crippen molar-refractivity contribution in [3.63, 3.8) is 0 Å². The number of nitrogens with zero attached hydrogens (tertiary/aromatic N) is 1. The van der Waals surface area contributed by atoms with Gasteiger partial charge in [0.05, 0.1) is 0 Å². The summed E-state index contributed by atoms with van der Waals surface area (Å²) in [6.07, 6.45) is 1.26. The van der Waals surface area contributed by atoms with E-state index in [-0.39, 0.29) is 12.0 Å². The molecule has 92 valence electrons. The van der Waals surface area contributed by atoms with Gasteiger partial charge in [0.1, 0.15) is 5.75 Å². The van der Waals surface area contributed by atoms with Gasteiger partial charge in [0, 0.05) is 20.0 Å². The summed E-state index contributed by atoms with van der Waals surface area (Å²) in [4.78, 5) is 13.4. The number of rotatable bonds is 4. The average molecular weight is 234 g/mol. The van der Waals surface area contributed by atoms with E-state index in [1.807, 2.05) is 24.3 Å². The second-order valence-electron chi connectivity index (χ2n) is 4.34. The summed E-state index contributed by atoms with van der Waals surface area (Å²) in [5.74, 6) is 0.818. The lowest BCUT2D eigenvalue weighted by atomic mass is 10.1. The number of carbonyl (C=O) groups excluding carboxylic acids is 1. The van der Waals surface area contributed by atoms with E-state index in [1.165, 1.54) is 0 Å². The molecule has 17 heavy (non-hydrogen) atoms. The first kappa shape index (κ1) is 11.9. The van der Waals surface area contributed by atoms with Gasteiger partial charge in [-0.2, -0.15) is 0 Å².